The number of hydrogen-bond donors (Lipinski definition) is 1. The van der Waals surface area contributed by atoms with E-state index in [0.29, 0.717) is 6.42 Å². The smallest absolute Gasteiger partial charge is 0.304 e. The zero-order chi connectivity index (χ0) is 12.2. The van der Waals surface area contributed by atoms with Crippen molar-refractivity contribution >= 4 is 17.7 Å². The van der Waals surface area contributed by atoms with E-state index in [1.807, 2.05) is 0 Å². The van der Waals surface area contributed by atoms with Gasteiger partial charge in [-0.15, -0.1) is 0 Å². The Kier molecular flexibility index (Phi) is 11.2. The lowest BCUT2D eigenvalue weighted by molar-refractivity contribution is -0.136. The average Bonchev–Trinajstić information content (AvgIpc) is 2.20. The molecular weight excluding hydrogens is 220 g/mol. The van der Waals surface area contributed by atoms with E-state index in [-0.39, 0.29) is 0 Å². The van der Waals surface area contributed by atoms with Gasteiger partial charge in [-0.25, -0.2) is 0 Å². The molecule has 0 saturated heterocycles. The monoisotopic (exact) mass is 246 g/mol. The highest BCUT2D eigenvalue weighted by Crippen LogP contribution is 2.12. The van der Waals surface area contributed by atoms with E-state index in [1.165, 1.54) is 38.5 Å². The fourth-order valence-electron chi connectivity index (χ4n) is 1.55. The summed E-state index contributed by atoms with van der Waals surface area (Å²) in [6, 6.07) is 0. The maximum atomic E-state index is 10.2. The molecule has 0 saturated carbocycles. The molecule has 0 radical (unpaired) electrons. The van der Waals surface area contributed by atoms with Crippen LogP contribution in [0, 0.1) is 5.92 Å². The summed E-state index contributed by atoms with van der Waals surface area (Å²) in [6.07, 6.45) is 8.27. The van der Waals surface area contributed by atoms with Gasteiger partial charge in [0, 0.05) is 5.75 Å². The summed E-state index contributed by atoms with van der Waals surface area (Å²) in [5.41, 5.74) is 0. The number of thioether (sulfide) groups is 1. The molecule has 1 N–H and O–H groups in total. The highest BCUT2D eigenvalue weighted by molar-refractivity contribution is 7.99. The Labute approximate surface area is 104 Å². The molecule has 0 aromatic heterocycles. The summed E-state index contributed by atoms with van der Waals surface area (Å²) in [7, 11) is 0. The van der Waals surface area contributed by atoms with Gasteiger partial charge in [-0.1, -0.05) is 46.0 Å². The van der Waals surface area contributed by atoms with E-state index in [1.54, 1.807) is 11.8 Å². The Bertz CT molecular complexity index is 169. The molecule has 0 amide bonds. The number of carbonyl (C=O) groups is 1. The maximum absolute atomic E-state index is 10.2. The molecule has 0 aromatic rings. The Morgan fingerprint density at radius 1 is 1.06 bits per heavy atom. The van der Waals surface area contributed by atoms with Crippen molar-refractivity contribution in [1.29, 1.82) is 0 Å². The predicted molar refractivity (Wildman–Crippen MR) is 72.1 cm³/mol. The van der Waals surface area contributed by atoms with Gasteiger partial charge in [0.25, 0.3) is 0 Å². The molecule has 96 valence electrons. The molecule has 0 heterocycles. The number of hydrogen-bond acceptors (Lipinski definition) is 2. The van der Waals surface area contributed by atoms with Crippen molar-refractivity contribution in [2.75, 3.05) is 11.5 Å². The summed E-state index contributed by atoms with van der Waals surface area (Å²) >= 11 is 1.77. The summed E-state index contributed by atoms with van der Waals surface area (Å²) in [4.78, 5) is 10.2. The summed E-state index contributed by atoms with van der Waals surface area (Å²) in [6.45, 7) is 4.55. The quantitative estimate of drug-likeness (QED) is 0.555. The van der Waals surface area contributed by atoms with Gasteiger partial charge in [0.1, 0.15) is 0 Å². The second-order valence-corrected chi connectivity index (χ2v) is 5.93. The van der Waals surface area contributed by atoms with Crippen molar-refractivity contribution in [3.05, 3.63) is 0 Å². The first-order chi connectivity index (χ1) is 7.63. The highest BCUT2D eigenvalue weighted by atomic mass is 32.2. The molecule has 0 aliphatic carbocycles. The van der Waals surface area contributed by atoms with Crippen LogP contribution in [0.1, 0.15) is 58.8 Å². The van der Waals surface area contributed by atoms with Gasteiger partial charge >= 0.3 is 5.97 Å². The van der Waals surface area contributed by atoms with Gasteiger partial charge in [-0.3, -0.25) is 4.79 Å². The predicted octanol–water partition coefficient (Wildman–Crippen LogP) is 4.19. The van der Waals surface area contributed by atoms with Crippen LogP contribution in [0.2, 0.25) is 0 Å². The molecule has 0 rings (SSSR count). The molecule has 0 aliphatic heterocycles. The third-order valence-corrected chi connectivity index (χ3v) is 3.60. The topological polar surface area (TPSA) is 37.3 Å². The van der Waals surface area contributed by atoms with Crippen LogP contribution in [-0.4, -0.2) is 22.6 Å². The zero-order valence-corrected chi connectivity index (χ0v) is 11.5. The maximum Gasteiger partial charge on any atom is 0.304 e. The number of aliphatic carboxylic acids is 1. The highest BCUT2D eigenvalue weighted by Gasteiger charge is 1.97. The fourth-order valence-corrected chi connectivity index (χ4v) is 2.48. The van der Waals surface area contributed by atoms with Crippen molar-refractivity contribution in [3.8, 4) is 0 Å². The minimum Gasteiger partial charge on any atom is -0.481 e. The largest absolute Gasteiger partial charge is 0.481 e. The summed E-state index contributed by atoms with van der Waals surface area (Å²) in [5.74, 6) is 2.05. The van der Waals surface area contributed by atoms with Crippen LogP contribution in [0.25, 0.3) is 0 Å². The minimum atomic E-state index is -0.679. The Morgan fingerprint density at radius 2 is 1.69 bits per heavy atom. The standard InChI is InChI=1S/C13H26O2S/c1-12(2)8-6-4-3-5-7-10-16-11-9-13(14)15/h12H,3-11H2,1-2H3,(H,14,15). The molecule has 0 fully saturated rings. The van der Waals surface area contributed by atoms with E-state index in [0.717, 1.165) is 17.4 Å². The SMILES string of the molecule is CC(C)CCCCCCCSCCC(=O)O. The molecule has 0 aliphatic rings. The van der Waals surface area contributed by atoms with Crippen LogP contribution in [0.3, 0.4) is 0 Å². The lowest BCUT2D eigenvalue weighted by Crippen LogP contribution is -1.96. The van der Waals surface area contributed by atoms with E-state index < -0.39 is 5.97 Å². The zero-order valence-electron chi connectivity index (χ0n) is 10.7. The Hall–Kier alpha value is -0.180. The number of rotatable bonds is 11. The van der Waals surface area contributed by atoms with Gasteiger partial charge in [-0.05, 0) is 18.1 Å². The molecule has 0 aromatic carbocycles. The molecule has 16 heavy (non-hydrogen) atoms. The van der Waals surface area contributed by atoms with Crippen LogP contribution in [-0.2, 0) is 4.79 Å². The Balaban J connectivity index is 2.96. The van der Waals surface area contributed by atoms with Crippen LogP contribution in [0.4, 0.5) is 0 Å². The van der Waals surface area contributed by atoms with Crippen molar-refractivity contribution < 1.29 is 9.90 Å². The molecule has 0 atom stereocenters. The fraction of sp³-hybridized carbons (Fsp3) is 0.923. The second-order valence-electron chi connectivity index (χ2n) is 4.71. The van der Waals surface area contributed by atoms with Crippen molar-refractivity contribution in [1.82, 2.24) is 0 Å². The molecule has 0 unspecified atom stereocenters. The first-order valence-electron chi connectivity index (χ1n) is 6.42. The number of unbranched alkanes of at least 4 members (excludes halogenated alkanes) is 4. The van der Waals surface area contributed by atoms with E-state index >= 15 is 0 Å². The molecule has 2 nitrogen and oxygen atoms in total. The van der Waals surface area contributed by atoms with E-state index in [9.17, 15) is 4.79 Å². The van der Waals surface area contributed by atoms with Gasteiger partial charge in [0.2, 0.25) is 0 Å². The normalized spacial score (nSPS) is 10.9. The van der Waals surface area contributed by atoms with Gasteiger partial charge in [0.05, 0.1) is 6.42 Å². The molecule has 0 bridgehead atoms. The number of carboxylic acid groups (broad SMARTS) is 1. The summed E-state index contributed by atoms with van der Waals surface area (Å²) in [5, 5.41) is 8.44. The third kappa shape index (κ3) is 13.8. The molecule has 3 heteroatoms. The average molecular weight is 246 g/mol. The number of carboxylic acids is 1. The van der Waals surface area contributed by atoms with Crippen LogP contribution < -0.4 is 0 Å². The van der Waals surface area contributed by atoms with E-state index in [4.69, 9.17) is 5.11 Å². The van der Waals surface area contributed by atoms with Gasteiger partial charge in [0.15, 0.2) is 0 Å². The van der Waals surface area contributed by atoms with Crippen LogP contribution in [0.5, 0.6) is 0 Å². The van der Waals surface area contributed by atoms with Crippen molar-refractivity contribution in [3.63, 3.8) is 0 Å². The van der Waals surface area contributed by atoms with Gasteiger partial charge < -0.3 is 5.11 Å². The summed E-state index contributed by atoms with van der Waals surface area (Å²) < 4.78 is 0. The third-order valence-electron chi connectivity index (χ3n) is 2.53. The van der Waals surface area contributed by atoms with Crippen molar-refractivity contribution in [2.24, 2.45) is 5.92 Å². The van der Waals surface area contributed by atoms with E-state index in [2.05, 4.69) is 13.8 Å². The Morgan fingerprint density at radius 3 is 2.31 bits per heavy atom. The van der Waals surface area contributed by atoms with Gasteiger partial charge in [-0.2, -0.15) is 11.8 Å². The minimum absolute atomic E-state index is 0.305. The second kappa shape index (κ2) is 11.3. The lowest BCUT2D eigenvalue weighted by Gasteiger charge is -2.04. The molecule has 0 spiro atoms. The lowest BCUT2D eigenvalue weighted by atomic mass is 10.0. The van der Waals surface area contributed by atoms with Crippen molar-refractivity contribution in [2.45, 2.75) is 58.8 Å². The van der Waals surface area contributed by atoms with Crippen LogP contribution in [0.15, 0.2) is 0 Å². The van der Waals surface area contributed by atoms with Crippen LogP contribution >= 0.6 is 11.8 Å². The molecular formula is C13H26O2S. The first kappa shape index (κ1) is 15.8. The first-order valence-corrected chi connectivity index (χ1v) is 7.58.